The van der Waals surface area contributed by atoms with Gasteiger partial charge in [-0.15, -0.1) is 0 Å². The maximum absolute atomic E-state index is 11.7. The van der Waals surface area contributed by atoms with Crippen molar-refractivity contribution in [2.24, 2.45) is 0 Å². The molecule has 2 rings (SSSR count). The van der Waals surface area contributed by atoms with E-state index in [0.717, 1.165) is 5.75 Å². The second-order valence-corrected chi connectivity index (χ2v) is 8.18. The monoisotopic (exact) mass is 385 g/mol. The molecule has 26 heavy (non-hydrogen) atoms. The minimum absolute atomic E-state index is 0.0601. The Morgan fingerprint density at radius 2 is 1.88 bits per heavy atom. The molecule has 0 radical (unpaired) electrons. The largest absolute Gasteiger partial charge is 0.497 e. The fourth-order valence-electron chi connectivity index (χ4n) is 2.47. The topological polar surface area (TPSA) is 108 Å². The van der Waals surface area contributed by atoms with E-state index in [0.29, 0.717) is 25.2 Å². The van der Waals surface area contributed by atoms with E-state index >= 15 is 0 Å². The van der Waals surface area contributed by atoms with Crippen LogP contribution in [0.3, 0.4) is 0 Å². The first-order valence-corrected chi connectivity index (χ1v) is 10.1. The molecule has 0 saturated carbocycles. The van der Waals surface area contributed by atoms with Gasteiger partial charge in [-0.05, 0) is 37.1 Å². The summed E-state index contributed by atoms with van der Waals surface area (Å²) in [4.78, 5) is 23.3. The Bertz CT molecular complexity index is 715. The summed E-state index contributed by atoms with van der Waals surface area (Å²) < 4.78 is 38.0. The van der Waals surface area contributed by atoms with Crippen LogP contribution in [-0.4, -0.2) is 58.2 Å². The van der Waals surface area contributed by atoms with Crippen LogP contribution in [0, 0.1) is 0 Å². The molecule has 1 aromatic rings. The summed E-state index contributed by atoms with van der Waals surface area (Å²) in [5.74, 6) is 0.424. The van der Waals surface area contributed by atoms with Crippen molar-refractivity contribution in [3.8, 4) is 11.5 Å². The number of amides is 1. The first-order chi connectivity index (χ1) is 12.4. The van der Waals surface area contributed by atoms with Crippen molar-refractivity contribution < 1.29 is 32.2 Å². The lowest BCUT2D eigenvalue weighted by Crippen LogP contribution is -2.38. The highest BCUT2D eigenvalue weighted by molar-refractivity contribution is 7.91. The highest BCUT2D eigenvalue weighted by Crippen LogP contribution is 2.17. The third kappa shape index (κ3) is 6.91. The summed E-state index contributed by atoms with van der Waals surface area (Å²) in [5, 5.41) is 2.56. The zero-order valence-electron chi connectivity index (χ0n) is 14.6. The third-order valence-corrected chi connectivity index (χ3v) is 5.58. The summed E-state index contributed by atoms with van der Waals surface area (Å²) in [5.41, 5.74) is 0. The second kappa shape index (κ2) is 9.42. The lowest BCUT2D eigenvalue weighted by Gasteiger charge is -2.11. The summed E-state index contributed by atoms with van der Waals surface area (Å²) >= 11 is 0. The molecular formula is C17H23NO7S. The van der Waals surface area contributed by atoms with E-state index in [-0.39, 0.29) is 17.9 Å². The Morgan fingerprint density at radius 3 is 2.50 bits per heavy atom. The van der Waals surface area contributed by atoms with E-state index in [9.17, 15) is 18.0 Å². The number of ether oxygens (including phenoxy) is 3. The van der Waals surface area contributed by atoms with Gasteiger partial charge in [-0.3, -0.25) is 9.59 Å². The quantitative estimate of drug-likeness (QED) is 0.492. The number of carbonyl (C=O) groups is 2. The minimum atomic E-state index is -3.06. The van der Waals surface area contributed by atoms with Crippen LogP contribution in [-0.2, 0) is 24.2 Å². The molecular weight excluding hydrogens is 362 g/mol. The highest BCUT2D eigenvalue weighted by atomic mass is 32.2. The van der Waals surface area contributed by atoms with Crippen LogP contribution < -0.4 is 14.8 Å². The van der Waals surface area contributed by atoms with E-state index in [1.165, 1.54) is 0 Å². The van der Waals surface area contributed by atoms with Gasteiger partial charge in [-0.1, -0.05) is 0 Å². The number of rotatable bonds is 9. The Morgan fingerprint density at radius 1 is 1.19 bits per heavy atom. The number of methoxy groups -OCH3 is 1. The average molecular weight is 385 g/mol. The summed E-state index contributed by atoms with van der Waals surface area (Å²) in [6.07, 6.45) is 0.972. The van der Waals surface area contributed by atoms with Crippen molar-refractivity contribution in [2.45, 2.75) is 25.3 Å². The molecule has 0 spiro atoms. The zero-order chi connectivity index (χ0) is 19.0. The number of benzene rings is 1. The molecule has 0 aromatic heterocycles. The number of sulfone groups is 1. The summed E-state index contributed by atoms with van der Waals surface area (Å²) in [7, 11) is -1.48. The van der Waals surface area contributed by atoms with Crippen LogP contribution in [0.4, 0.5) is 0 Å². The van der Waals surface area contributed by atoms with Gasteiger partial charge in [0.2, 0.25) is 0 Å². The minimum Gasteiger partial charge on any atom is -0.497 e. The van der Waals surface area contributed by atoms with Gasteiger partial charge in [0, 0.05) is 12.5 Å². The molecule has 1 aromatic carbocycles. The fraction of sp³-hybridized carbons (Fsp3) is 0.529. The molecule has 9 heteroatoms. The molecule has 8 nitrogen and oxygen atoms in total. The SMILES string of the molecule is COc1ccc(OCCCC(=O)OCC(=O)N[C@H]2CCS(=O)(=O)C2)cc1. The van der Waals surface area contributed by atoms with Crippen molar-refractivity contribution >= 4 is 21.7 Å². The van der Waals surface area contributed by atoms with E-state index in [4.69, 9.17) is 14.2 Å². The smallest absolute Gasteiger partial charge is 0.306 e. The summed E-state index contributed by atoms with van der Waals surface area (Å²) in [6, 6.07) is 6.69. The van der Waals surface area contributed by atoms with Crippen molar-refractivity contribution in [1.82, 2.24) is 5.32 Å². The van der Waals surface area contributed by atoms with Gasteiger partial charge in [0.1, 0.15) is 11.5 Å². The molecule has 1 fully saturated rings. The molecule has 1 aliphatic rings. The van der Waals surface area contributed by atoms with Crippen LogP contribution in [0.25, 0.3) is 0 Å². The van der Waals surface area contributed by atoms with Crippen molar-refractivity contribution in [3.63, 3.8) is 0 Å². The number of carbonyl (C=O) groups excluding carboxylic acids is 2. The van der Waals surface area contributed by atoms with Gasteiger partial charge >= 0.3 is 5.97 Å². The van der Waals surface area contributed by atoms with Gasteiger partial charge in [-0.2, -0.15) is 0 Å². The Kier molecular flexibility index (Phi) is 7.26. The number of esters is 1. The van der Waals surface area contributed by atoms with E-state index in [2.05, 4.69) is 5.32 Å². The summed E-state index contributed by atoms with van der Waals surface area (Å²) in [6.45, 7) is -0.0672. The molecule has 1 amide bonds. The van der Waals surface area contributed by atoms with Crippen molar-refractivity contribution in [3.05, 3.63) is 24.3 Å². The number of nitrogens with one attached hydrogen (secondary N) is 1. The number of hydrogen-bond acceptors (Lipinski definition) is 7. The van der Waals surface area contributed by atoms with Crippen molar-refractivity contribution in [2.75, 3.05) is 31.8 Å². The average Bonchev–Trinajstić information content (AvgIpc) is 2.96. The lowest BCUT2D eigenvalue weighted by molar-refractivity contribution is -0.148. The van der Waals surface area contributed by atoms with Crippen LogP contribution >= 0.6 is 0 Å². The first kappa shape index (κ1) is 20.0. The highest BCUT2D eigenvalue weighted by Gasteiger charge is 2.28. The molecule has 1 aliphatic heterocycles. The molecule has 0 bridgehead atoms. The molecule has 144 valence electrons. The molecule has 0 unspecified atom stereocenters. The zero-order valence-corrected chi connectivity index (χ0v) is 15.4. The van der Waals surface area contributed by atoms with Gasteiger partial charge in [0.25, 0.3) is 5.91 Å². The Hall–Kier alpha value is -2.29. The van der Waals surface area contributed by atoms with E-state index < -0.39 is 34.4 Å². The van der Waals surface area contributed by atoms with Crippen LogP contribution in [0.5, 0.6) is 11.5 Å². The van der Waals surface area contributed by atoms with Gasteiger partial charge < -0.3 is 19.5 Å². The van der Waals surface area contributed by atoms with Crippen LogP contribution in [0.1, 0.15) is 19.3 Å². The standard InChI is InChI=1S/C17H23NO7S/c1-23-14-4-6-15(7-5-14)24-9-2-3-17(20)25-11-16(19)18-13-8-10-26(21,22)12-13/h4-7,13H,2-3,8-12H2,1H3,(H,18,19)/t13-/m0/s1. The predicted octanol–water partition coefficient (Wildman–Crippen LogP) is 0.701. The third-order valence-electron chi connectivity index (χ3n) is 3.82. The molecule has 1 saturated heterocycles. The van der Waals surface area contributed by atoms with Gasteiger partial charge in [0.05, 0.1) is 25.2 Å². The van der Waals surface area contributed by atoms with Gasteiger partial charge in [-0.25, -0.2) is 8.42 Å². The predicted molar refractivity (Wildman–Crippen MR) is 93.9 cm³/mol. The normalized spacial score (nSPS) is 18.1. The molecule has 1 N–H and O–H groups in total. The molecule has 0 aliphatic carbocycles. The van der Waals surface area contributed by atoms with E-state index in [1.54, 1.807) is 31.4 Å². The number of hydrogen-bond donors (Lipinski definition) is 1. The first-order valence-electron chi connectivity index (χ1n) is 8.30. The Labute approximate surface area is 152 Å². The fourth-order valence-corrected chi connectivity index (χ4v) is 4.15. The van der Waals surface area contributed by atoms with Crippen LogP contribution in [0.15, 0.2) is 24.3 Å². The van der Waals surface area contributed by atoms with Crippen molar-refractivity contribution in [1.29, 1.82) is 0 Å². The lowest BCUT2D eigenvalue weighted by atomic mass is 10.2. The maximum Gasteiger partial charge on any atom is 0.306 e. The van der Waals surface area contributed by atoms with Gasteiger partial charge in [0.15, 0.2) is 16.4 Å². The second-order valence-electron chi connectivity index (χ2n) is 5.96. The molecule has 1 heterocycles. The van der Waals surface area contributed by atoms with E-state index in [1.807, 2.05) is 0 Å². The Balaban J connectivity index is 1.56. The maximum atomic E-state index is 11.7. The van der Waals surface area contributed by atoms with Crippen LogP contribution in [0.2, 0.25) is 0 Å². The molecule has 1 atom stereocenters.